The molecule has 1 aliphatic heterocycles. The molecule has 22 heavy (non-hydrogen) atoms. The molecular weight excluding hydrogens is 284 g/mol. The minimum absolute atomic E-state index is 0.170. The minimum atomic E-state index is -0.183. The maximum Gasteiger partial charge on any atom is 0.276 e. The maximum absolute atomic E-state index is 12.3. The summed E-state index contributed by atoms with van der Waals surface area (Å²) >= 11 is 0. The zero-order chi connectivity index (χ0) is 15.4. The molecule has 0 unspecified atom stereocenters. The quantitative estimate of drug-likeness (QED) is 0.800. The van der Waals surface area contributed by atoms with E-state index in [0.29, 0.717) is 18.8 Å². The maximum atomic E-state index is 12.3. The first kappa shape index (κ1) is 14.6. The van der Waals surface area contributed by atoms with Crippen LogP contribution in [0.1, 0.15) is 29.0 Å². The third kappa shape index (κ3) is 3.45. The minimum Gasteiger partial charge on any atom is -0.376 e. The van der Waals surface area contributed by atoms with Gasteiger partial charge in [-0.05, 0) is 18.9 Å². The van der Waals surface area contributed by atoms with Crippen LogP contribution in [0.2, 0.25) is 0 Å². The van der Waals surface area contributed by atoms with E-state index >= 15 is 0 Å². The Kier molecular flexibility index (Phi) is 4.38. The molecular formula is C14H18N6O2. The van der Waals surface area contributed by atoms with E-state index in [1.165, 1.54) is 6.33 Å². The molecule has 1 aliphatic rings. The molecule has 0 radical (unpaired) electrons. The number of aromatic nitrogens is 5. The Labute approximate surface area is 128 Å². The lowest BCUT2D eigenvalue weighted by Gasteiger charge is -2.14. The van der Waals surface area contributed by atoms with Gasteiger partial charge in [-0.2, -0.15) is 0 Å². The van der Waals surface area contributed by atoms with Crippen LogP contribution in [0.3, 0.4) is 0 Å². The van der Waals surface area contributed by atoms with Crippen LogP contribution in [0.4, 0.5) is 0 Å². The van der Waals surface area contributed by atoms with Crippen molar-refractivity contribution in [3.05, 3.63) is 36.2 Å². The van der Waals surface area contributed by atoms with Gasteiger partial charge >= 0.3 is 0 Å². The van der Waals surface area contributed by atoms with E-state index in [-0.39, 0.29) is 12.0 Å². The van der Waals surface area contributed by atoms with Gasteiger partial charge in [-0.1, -0.05) is 5.21 Å². The van der Waals surface area contributed by atoms with Crippen molar-refractivity contribution in [2.45, 2.75) is 32.0 Å². The summed E-state index contributed by atoms with van der Waals surface area (Å²) < 4.78 is 7.22. The van der Waals surface area contributed by atoms with Gasteiger partial charge in [-0.25, -0.2) is 14.6 Å². The van der Waals surface area contributed by atoms with Crippen LogP contribution >= 0.6 is 0 Å². The molecule has 0 saturated carbocycles. The summed E-state index contributed by atoms with van der Waals surface area (Å²) in [5.74, 6) is -0.183. The van der Waals surface area contributed by atoms with Crippen molar-refractivity contribution in [3.8, 4) is 0 Å². The molecule has 2 aromatic rings. The first-order chi connectivity index (χ1) is 10.7. The van der Waals surface area contributed by atoms with E-state index in [1.54, 1.807) is 35.1 Å². The zero-order valence-electron chi connectivity index (χ0n) is 12.4. The normalized spacial score (nSPS) is 17.6. The molecule has 0 N–H and O–H groups in total. The molecule has 1 amide bonds. The van der Waals surface area contributed by atoms with E-state index in [0.717, 1.165) is 25.1 Å². The Morgan fingerprint density at radius 1 is 1.55 bits per heavy atom. The summed E-state index contributed by atoms with van der Waals surface area (Å²) in [4.78, 5) is 21.9. The Morgan fingerprint density at radius 2 is 2.45 bits per heavy atom. The van der Waals surface area contributed by atoms with Crippen LogP contribution in [0.25, 0.3) is 0 Å². The highest BCUT2D eigenvalue weighted by molar-refractivity contribution is 5.91. The van der Waals surface area contributed by atoms with Gasteiger partial charge in [0.2, 0.25) is 0 Å². The first-order valence-corrected chi connectivity index (χ1v) is 7.24. The fraction of sp³-hybridized carbons (Fsp3) is 0.500. The summed E-state index contributed by atoms with van der Waals surface area (Å²) in [6, 6.07) is 1.78. The van der Waals surface area contributed by atoms with Crippen molar-refractivity contribution >= 4 is 5.91 Å². The number of amides is 1. The van der Waals surface area contributed by atoms with Gasteiger partial charge in [-0.15, -0.1) is 5.10 Å². The molecule has 0 aliphatic carbocycles. The molecule has 1 fully saturated rings. The average Bonchev–Trinajstić information content (AvgIpc) is 3.20. The SMILES string of the molecule is CN(Cc1ccncn1)C(=O)c1cn(C[C@H]2CCCO2)nn1. The average molecular weight is 302 g/mol. The number of ether oxygens (including phenoxy) is 1. The molecule has 2 aromatic heterocycles. The molecule has 8 nitrogen and oxygen atoms in total. The van der Waals surface area contributed by atoms with Crippen LogP contribution in [0, 0.1) is 0 Å². The van der Waals surface area contributed by atoms with Gasteiger partial charge in [0.05, 0.1) is 31.1 Å². The standard InChI is InChI=1S/C14H18N6O2/c1-19(7-11-4-5-15-10-16-11)14(21)13-9-20(18-17-13)8-12-3-2-6-22-12/h4-5,9-10,12H,2-3,6-8H2,1H3/t12-/m1/s1. The highest BCUT2D eigenvalue weighted by Crippen LogP contribution is 2.13. The number of hydrogen-bond acceptors (Lipinski definition) is 6. The van der Waals surface area contributed by atoms with E-state index in [1.807, 2.05) is 0 Å². The highest BCUT2D eigenvalue weighted by Gasteiger charge is 2.20. The molecule has 0 bridgehead atoms. The predicted octanol–water partition coefficient (Wildman–Crippen LogP) is 0.519. The smallest absolute Gasteiger partial charge is 0.276 e. The van der Waals surface area contributed by atoms with Crippen molar-refractivity contribution in [2.75, 3.05) is 13.7 Å². The summed E-state index contributed by atoms with van der Waals surface area (Å²) in [5.41, 5.74) is 1.10. The van der Waals surface area contributed by atoms with Crippen LogP contribution < -0.4 is 0 Å². The van der Waals surface area contributed by atoms with Crippen molar-refractivity contribution in [1.82, 2.24) is 29.9 Å². The fourth-order valence-electron chi connectivity index (χ4n) is 2.40. The number of rotatable bonds is 5. The molecule has 116 valence electrons. The number of carbonyl (C=O) groups excluding carboxylic acids is 1. The highest BCUT2D eigenvalue weighted by atomic mass is 16.5. The summed E-state index contributed by atoms with van der Waals surface area (Å²) in [6.07, 6.45) is 7.05. The van der Waals surface area contributed by atoms with Gasteiger partial charge in [0.15, 0.2) is 5.69 Å². The second-order valence-corrected chi connectivity index (χ2v) is 5.32. The largest absolute Gasteiger partial charge is 0.376 e. The predicted molar refractivity (Wildman–Crippen MR) is 76.8 cm³/mol. The van der Waals surface area contributed by atoms with Crippen molar-refractivity contribution < 1.29 is 9.53 Å². The molecule has 8 heteroatoms. The summed E-state index contributed by atoms with van der Waals surface area (Å²) in [5, 5.41) is 7.96. The number of hydrogen-bond donors (Lipinski definition) is 0. The van der Waals surface area contributed by atoms with Crippen molar-refractivity contribution in [1.29, 1.82) is 0 Å². The second-order valence-electron chi connectivity index (χ2n) is 5.32. The molecule has 3 heterocycles. The third-order valence-electron chi connectivity index (χ3n) is 3.56. The van der Waals surface area contributed by atoms with E-state index in [4.69, 9.17) is 4.74 Å². The molecule has 0 spiro atoms. The lowest BCUT2D eigenvalue weighted by molar-refractivity contribution is 0.0776. The monoisotopic (exact) mass is 302 g/mol. The topological polar surface area (TPSA) is 86.0 Å². The van der Waals surface area contributed by atoms with Gasteiger partial charge in [-0.3, -0.25) is 4.79 Å². The van der Waals surface area contributed by atoms with Crippen molar-refractivity contribution in [2.24, 2.45) is 0 Å². The van der Waals surface area contributed by atoms with Gasteiger partial charge in [0.1, 0.15) is 6.33 Å². The Morgan fingerprint density at radius 3 is 3.18 bits per heavy atom. The van der Waals surface area contributed by atoms with Crippen LogP contribution in [0.15, 0.2) is 24.8 Å². The Bertz CT molecular complexity index is 623. The third-order valence-corrected chi connectivity index (χ3v) is 3.56. The Hall–Kier alpha value is -2.35. The lowest BCUT2D eigenvalue weighted by Crippen LogP contribution is -2.27. The number of carbonyl (C=O) groups is 1. The lowest BCUT2D eigenvalue weighted by atomic mass is 10.2. The van der Waals surface area contributed by atoms with E-state index in [9.17, 15) is 4.79 Å². The summed E-state index contributed by atoms with van der Waals surface area (Å²) in [7, 11) is 1.71. The molecule has 1 atom stereocenters. The van der Waals surface area contributed by atoms with Gasteiger partial charge in [0, 0.05) is 19.9 Å². The Balaban J connectivity index is 1.60. The molecule has 0 aromatic carbocycles. The zero-order valence-corrected chi connectivity index (χ0v) is 12.4. The molecule has 1 saturated heterocycles. The van der Waals surface area contributed by atoms with Gasteiger partial charge in [0.25, 0.3) is 5.91 Å². The second kappa shape index (κ2) is 6.61. The summed E-state index contributed by atoms with van der Waals surface area (Å²) in [6.45, 7) is 1.84. The number of nitrogens with zero attached hydrogens (tertiary/aromatic N) is 6. The fourth-order valence-corrected chi connectivity index (χ4v) is 2.40. The van der Waals surface area contributed by atoms with Crippen LogP contribution in [-0.2, 0) is 17.8 Å². The van der Waals surface area contributed by atoms with Crippen molar-refractivity contribution in [3.63, 3.8) is 0 Å². The van der Waals surface area contributed by atoms with Gasteiger partial charge < -0.3 is 9.64 Å². The molecule has 3 rings (SSSR count). The van der Waals surface area contributed by atoms with Crippen LogP contribution in [0.5, 0.6) is 0 Å². The van der Waals surface area contributed by atoms with Crippen LogP contribution in [-0.4, -0.2) is 55.5 Å². The van der Waals surface area contributed by atoms with E-state index in [2.05, 4.69) is 20.3 Å². The first-order valence-electron chi connectivity index (χ1n) is 7.24. The van der Waals surface area contributed by atoms with E-state index < -0.39 is 0 Å².